The number of hydrogen-bond acceptors (Lipinski definition) is 2. The lowest BCUT2D eigenvalue weighted by molar-refractivity contribution is 0.102. The molecule has 3 nitrogen and oxygen atoms in total. The van der Waals surface area contributed by atoms with Crippen LogP contribution in [0.4, 0.5) is 10.1 Å². The molecule has 1 N–H and O–H groups in total. The van der Waals surface area contributed by atoms with E-state index in [0.29, 0.717) is 5.56 Å². The Balaban J connectivity index is 1.86. The first kappa shape index (κ1) is 17.9. The number of anilines is 1. The number of carbonyl (C=O) groups is 1. The minimum absolute atomic E-state index is 0.154. The Morgan fingerprint density at radius 1 is 0.929 bits per heavy atom. The lowest BCUT2D eigenvalue weighted by atomic mass is 9.99. The van der Waals surface area contributed by atoms with Gasteiger partial charge in [0.05, 0.1) is 22.5 Å². The lowest BCUT2D eigenvalue weighted by Gasteiger charge is -2.13. The Hall–Kier alpha value is -3.53. The summed E-state index contributed by atoms with van der Waals surface area (Å²) in [6.45, 7) is 4.04. The van der Waals surface area contributed by atoms with E-state index in [0.717, 1.165) is 33.3 Å². The van der Waals surface area contributed by atoms with Crippen LogP contribution < -0.4 is 5.32 Å². The van der Waals surface area contributed by atoms with Gasteiger partial charge in [0, 0.05) is 10.9 Å². The van der Waals surface area contributed by atoms with Crippen LogP contribution in [-0.2, 0) is 0 Å². The Bertz CT molecular complexity index is 1200. The van der Waals surface area contributed by atoms with Gasteiger partial charge in [0.15, 0.2) is 0 Å². The van der Waals surface area contributed by atoms with Crippen LogP contribution in [0.1, 0.15) is 21.5 Å². The smallest absolute Gasteiger partial charge is 0.256 e. The van der Waals surface area contributed by atoms with Crippen molar-refractivity contribution < 1.29 is 9.18 Å². The molecule has 0 saturated carbocycles. The van der Waals surface area contributed by atoms with Gasteiger partial charge in [0.2, 0.25) is 0 Å². The number of nitrogens with one attached hydrogen (secondary N) is 1. The fourth-order valence-corrected chi connectivity index (χ4v) is 3.27. The second-order valence-corrected chi connectivity index (χ2v) is 6.82. The molecule has 1 heterocycles. The van der Waals surface area contributed by atoms with Crippen LogP contribution in [0.15, 0.2) is 72.8 Å². The number of nitrogens with zero attached hydrogens (tertiary/aromatic N) is 1. The van der Waals surface area contributed by atoms with Crippen LogP contribution in [0.5, 0.6) is 0 Å². The molecule has 0 aliphatic heterocycles. The van der Waals surface area contributed by atoms with Gasteiger partial charge in [-0.15, -0.1) is 0 Å². The van der Waals surface area contributed by atoms with Crippen LogP contribution >= 0.6 is 0 Å². The van der Waals surface area contributed by atoms with Crippen LogP contribution in [0.25, 0.3) is 22.2 Å². The number of amides is 1. The van der Waals surface area contributed by atoms with E-state index in [1.165, 1.54) is 6.07 Å². The molecule has 0 spiro atoms. The van der Waals surface area contributed by atoms with Crippen LogP contribution in [0.3, 0.4) is 0 Å². The van der Waals surface area contributed by atoms with E-state index in [1.54, 1.807) is 24.3 Å². The summed E-state index contributed by atoms with van der Waals surface area (Å²) in [7, 11) is 0. The van der Waals surface area contributed by atoms with Gasteiger partial charge in [-0.2, -0.15) is 0 Å². The summed E-state index contributed by atoms with van der Waals surface area (Å²) in [6.07, 6.45) is 0. The quantitative estimate of drug-likeness (QED) is 0.487. The molecular formula is C24H19FN2O. The normalized spacial score (nSPS) is 10.8. The highest BCUT2D eigenvalue weighted by atomic mass is 19.1. The van der Waals surface area contributed by atoms with Gasteiger partial charge < -0.3 is 5.32 Å². The molecule has 0 fully saturated rings. The highest BCUT2D eigenvalue weighted by Gasteiger charge is 2.16. The number of aromatic nitrogens is 1. The summed E-state index contributed by atoms with van der Waals surface area (Å²) >= 11 is 0. The molecule has 138 valence electrons. The molecule has 0 unspecified atom stereocenters. The minimum Gasteiger partial charge on any atom is -0.319 e. The molecule has 1 aromatic heterocycles. The summed E-state index contributed by atoms with van der Waals surface area (Å²) in [5, 5.41) is 3.41. The topological polar surface area (TPSA) is 42.0 Å². The zero-order valence-electron chi connectivity index (χ0n) is 15.7. The molecule has 0 bridgehead atoms. The molecule has 4 aromatic rings. The Morgan fingerprint density at radius 3 is 2.50 bits per heavy atom. The lowest BCUT2D eigenvalue weighted by Crippen LogP contribution is -2.14. The Morgan fingerprint density at radius 2 is 1.68 bits per heavy atom. The van der Waals surface area contributed by atoms with Crippen molar-refractivity contribution in [3.8, 4) is 11.3 Å². The van der Waals surface area contributed by atoms with Crippen molar-refractivity contribution in [3.63, 3.8) is 0 Å². The minimum atomic E-state index is -0.469. The first-order valence-corrected chi connectivity index (χ1v) is 9.06. The predicted molar refractivity (Wildman–Crippen MR) is 111 cm³/mol. The maximum Gasteiger partial charge on any atom is 0.256 e. The van der Waals surface area contributed by atoms with Crippen molar-refractivity contribution in [1.82, 2.24) is 4.98 Å². The maximum absolute atomic E-state index is 14.0. The molecule has 1 amide bonds. The van der Waals surface area contributed by atoms with E-state index in [9.17, 15) is 9.18 Å². The van der Waals surface area contributed by atoms with Gasteiger partial charge in [0.25, 0.3) is 5.91 Å². The van der Waals surface area contributed by atoms with E-state index in [-0.39, 0.29) is 11.6 Å². The highest BCUT2D eigenvalue weighted by molar-refractivity contribution is 6.13. The number of halogens is 1. The Kier molecular flexibility index (Phi) is 4.62. The highest BCUT2D eigenvalue weighted by Crippen LogP contribution is 2.28. The number of benzene rings is 3. The van der Waals surface area contributed by atoms with Crippen molar-refractivity contribution >= 4 is 22.5 Å². The summed E-state index contributed by atoms with van der Waals surface area (Å²) in [6, 6.07) is 21.6. The van der Waals surface area contributed by atoms with Crippen molar-refractivity contribution in [1.29, 1.82) is 0 Å². The largest absolute Gasteiger partial charge is 0.319 e. The van der Waals surface area contributed by atoms with E-state index >= 15 is 0 Å². The first-order valence-electron chi connectivity index (χ1n) is 9.06. The second kappa shape index (κ2) is 7.24. The molecule has 3 aromatic carbocycles. The third-order valence-corrected chi connectivity index (χ3v) is 4.75. The molecule has 0 aliphatic carbocycles. The second-order valence-electron chi connectivity index (χ2n) is 6.82. The van der Waals surface area contributed by atoms with E-state index < -0.39 is 5.82 Å². The Labute approximate surface area is 162 Å². The molecule has 28 heavy (non-hydrogen) atoms. The zero-order chi connectivity index (χ0) is 19.7. The van der Waals surface area contributed by atoms with Gasteiger partial charge in [-0.3, -0.25) is 4.79 Å². The monoisotopic (exact) mass is 370 g/mol. The fraction of sp³-hybridized carbons (Fsp3) is 0.0833. The van der Waals surface area contributed by atoms with Gasteiger partial charge >= 0.3 is 0 Å². The van der Waals surface area contributed by atoms with E-state index in [4.69, 9.17) is 4.98 Å². The maximum atomic E-state index is 14.0. The van der Waals surface area contributed by atoms with Gasteiger partial charge in [-0.1, -0.05) is 48.0 Å². The first-order chi connectivity index (χ1) is 13.5. The van der Waals surface area contributed by atoms with Crippen LogP contribution in [-0.4, -0.2) is 10.9 Å². The number of pyridine rings is 1. The zero-order valence-corrected chi connectivity index (χ0v) is 15.7. The predicted octanol–water partition coefficient (Wildman–Crippen LogP) is 5.91. The molecule has 4 rings (SSSR count). The number of carbonyl (C=O) groups excluding carboxylic acids is 1. The standard InChI is InChI=1S/C24H19FN2O/c1-15-11-12-16(2)18(13-15)23-14-19(17-7-3-5-9-21(17)26-23)24(28)27-22-10-6-4-8-20(22)25/h3-14H,1-2H3,(H,27,28). The third-order valence-electron chi connectivity index (χ3n) is 4.75. The van der Waals surface area contributed by atoms with Crippen molar-refractivity contribution in [3.05, 3.63) is 95.3 Å². The molecule has 0 atom stereocenters. The molecule has 0 aliphatic rings. The van der Waals surface area contributed by atoms with E-state index in [1.807, 2.05) is 50.2 Å². The van der Waals surface area contributed by atoms with Gasteiger partial charge in [-0.05, 0) is 49.7 Å². The third kappa shape index (κ3) is 3.37. The van der Waals surface area contributed by atoms with Gasteiger partial charge in [-0.25, -0.2) is 9.37 Å². The molecule has 0 radical (unpaired) electrons. The summed E-state index contributed by atoms with van der Waals surface area (Å²) in [4.78, 5) is 17.8. The number of para-hydroxylation sites is 2. The summed E-state index contributed by atoms with van der Waals surface area (Å²) in [5.74, 6) is -0.834. The average molecular weight is 370 g/mol. The summed E-state index contributed by atoms with van der Waals surface area (Å²) < 4.78 is 14.0. The molecular weight excluding hydrogens is 351 g/mol. The van der Waals surface area contributed by atoms with Crippen LogP contribution in [0.2, 0.25) is 0 Å². The van der Waals surface area contributed by atoms with Crippen LogP contribution in [0, 0.1) is 19.7 Å². The molecule has 4 heteroatoms. The SMILES string of the molecule is Cc1ccc(C)c(-c2cc(C(=O)Nc3ccccc3F)c3ccccc3n2)c1. The molecule has 0 saturated heterocycles. The number of aryl methyl sites for hydroxylation is 2. The van der Waals surface area contributed by atoms with Gasteiger partial charge in [0.1, 0.15) is 5.82 Å². The fourth-order valence-electron chi connectivity index (χ4n) is 3.27. The number of hydrogen-bond donors (Lipinski definition) is 1. The number of rotatable bonds is 3. The number of fused-ring (bicyclic) bond motifs is 1. The van der Waals surface area contributed by atoms with E-state index in [2.05, 4.69) is 11.4 Å². The summed E-state index contributed by atoms with van der Waals surface area (Å²) in [5.41, 5.74) is 5.23. The van der Waals surface area contributed by atoms with Crippen molar-refractivity contribution in [2.75, 3.05) is 5.32 Å². The van der Waals surface area contributed by atoms with Crippen molar-refractivity contribution in [2.24, 2.45) is 0 Å². The average Bonchev–Trinajstić information content (AvgIpc) is 2.70. The van der Waals surface area contributed by atoms with Crippen molar-refractivity contribution in [2.45, 2.75) is 13.8 Å².